The number of rotatable bonds is 9. The molecule has 1 aromatic heterocycles. The molecule has 4 rings (SSSR count). The van der Waals surface area contributed by atoms with Crippen molar-refractivity contribution in [3.63, 3.8) is 0 Å². The Labute approximate surface area is 215 Å². The van der Waals surface area contributed by atoms with Crippen molar-refractivity contribution in [1.29, 1.82) is 0 Å². The Kier molecular flexibility index (Phi) is 7.89. The summed E-state index contributed by atoms with van der Waals surface area (Å²) in [7, 11) is 4.63. The molecular weight excluding hydrogens is 507 g/mol. The van der Waals surface area contributed by atoms with Crippen LogP contribution in [0.4, 0.5) is 11.4 Å². The van der Waals surface area contributed by atoms with E-state index in [0.717, 1.165) is 48.7 Å². The van der Waals surface area contributed by atoms with Gasteiger partial charge in [-0.15, -0.1) is 0 Å². The minimum atomic E-state index is 0.349. The molecule has 0 radical (unpaired) electrons. The molecule has 0 N–H and O–H groups in total. The Morgan fingerprint density at radius 1 is 1.03 bits per heavy atom. The average molecular weight is 544 g/mol. The second-order valence-electron chi connectivity index (χ2n) is 9.39. The SMILES string of the molecule is CCN1C(=CC=Cc2[se]c3ccccc3[n+]2CC)N(CCC[N+](C)(C)CC)c2ccc(Cl)cc21. The predicted molar refractivity (Wildman–Crippen MR) is 148 cm³/mol. The van der Waals surface area contributed by atoms with Gasteiger partial charge in [0.25, 0.3) is 0 Å². The van der Waals surface area contributed by atoms with Gasteiger partial charge in [0.15, 0.2) is 0 Å². The van der Waals surface area contributed by atoms with Crippen molar-refractivity contribution < 1.29 is 9.05 Å². The third kappa shape index (κ3) is 5.13. The fraction of sp³-hybridized carbons (Fsp3) is 0.393. The van der Waals surface area contributed by atoms with Gasteiger partial charge in [0.05, 0.1) is 0 Å². The number of fused-ring (bicyclic) bond motifs is 2. The number of halogens is 1. The van der Waals surface area contributed by atoms with Crippen molar-refractivity contribution in [2.75, 3.05) is 50.1 Å². The Morgan fingerprint density at radius 2 is 1.82 bits per heavy atom. The Balaban J connectivity index is 1.66. The van der Waals surface area contributed by atoms with Crippen molar-refractivity contribution in [1.82, 2.24) is 0 Å². The van der Waals surface area contributed by atoms with Crippen LogP contribution in [0.25, 0.3) is 15.9 Å². The number of hydrogen-bond donors (Lipinski definition) is 0. The van der Waals surface area contributed by atoms with Gasteiger partial charge in [-0.2, -0.15) is 0 Å². The molecule has 0 unspecified atom stereocenters. The van der Waals surface area contributed by atoms with E-state index in [1.165, 1.54) is 31.5 Å². The summed E-state index contributed by atoms with van der Waals surface area (Å²) in [5.74, 6) is 1.24. The third-order valence-electron chi connectivity index (χ3n) is 6.83. The van der Waals surface area contributed by atoms with Gasteiger partial charge in [-0.25, -0.2) is 0 Å². The van der Waals surface area contributed by atoms with Crippen LogP contribution in [0, 0.1) is 0 Å². The van der Waals surface area contributed by atoms with E-state index in [0.29, 0.717) is 14.5 Å². The number of aromatic nitrogens is 1. The normalized spacial score (nSPS) is 15.3. The zero-order valence-corrected chi connectivity index (χ0v) is 23.6. The standard InChI is InChI=1S/C28H37ClN4Se/c1-6-30-25-21-22(29)17-18-23(25)32(19-12-20-33(4,5)8-3)27(30)15-11-16-28-31(7-2)24-13-9-10-14-26(24)34-28/h9-11,13-18,21H,6-8,12,19-20H2,1-5H3/q+2. The number of allylic oxidation sites excluding steroid dienone is 2. The summed E-state index contributed by atoms with van der Waals surface area (Å²) < 4.78 is 6.39. The Hall–Kier alpha value is -2.04. The molecule has 1 aliphatic heterocycles. The van der Waals surface area contributed by atoms with E-state index < -0.39 is 0 Å². The molecule has 34 heavy (non-hydrogen) atoms. The zero-order valence-electron chi connectivity index (χ0n) is 21.1. The molecule has 0 aliphatic carbocycles. The number of para-hydroxylation sites is 1. The van der Waals surface area contributed by atoms with E-state index in [1.807, 2.05) is 6.07 Å². The van der Waals surface area contributed by atoms with Gasteiger partial charge in [0.2, 0.25) is 0 Å². The zero-order chi connectivity index (χ0) is 24.3. The molecule has 0 saturated carbocycles. The van der Waals surface area contributed by atoms with Gasteiger partial charge in [0, 0.05) is 0 Å². The van der Waals surface area contributed by atoms with Crippen molar-refractivity contribution >= 4 is 53.3 Å². The summed E-state index contributed by atoms with van der Waals surface area (Å²) in [6, 6.07) is 15.1. The molecule has 0 atom stereocenters. The van der Waals surface area contributed by atoms with Crippen molar-refractivity contribution in [3.8, 4) is 0 Å². The van der Waals surface area contributed by atoms with Gasteiger partial charge in [-0.3, -0.25) is 0 Å². The molecule has 0 bridgehead atoms. The number of benzene rings is 2. The van der Waals surface area contributed by atoms with Crippen LogP contribution in [0.3, 0.4) is 0 Å². The van der Waals surface area contributed by atoms with Gasteiger partial charge in [-0.1, -0.05) is 0 Å². The summed E-state index contributed by atoms with van der Waals surface area (Å²) in [5.41, 5.74) is 3.83. The van der Waals surface area contributed by atoms with Crippen LogP contribution in [0.2, 0.25) is 5.02 Å². The Morgan fingerprint density at radius 3 is 2.56 bits per heavy atom. The van der Waals surface area contributed by atoms with Crippen LogP contribution in [0.1, 0.15) is 31.8 Å². The maximum atomic E-state index is 6.40. The van der Waals surface area contributed by atoms with Gasteiger partial charge < -0.3 is 0 Å². The molecular formula is C28H37ClN4Se+2. The van der Waals surface area contributed by atoms with Crippen molar-refractivity contribution in [2.24, 2.45) is 0 Å². The molecule has 2 heterocycles. The topological polar surface area (TPSA) is 10.4 Å². The van der Waals surface area contributed by atoms with Crippen LogP contribution in [-0.2, 0) is 6.54 Å². The average Bonchev–Trinajstić information content (AvgIpc) is 3.33. The first-order valence-corrected chi connectivity index (χ1v) is 14.4. The molecule has 3 aromatic rings. The quantitative estimate of drug-likeness (QED) is 0.199. The van der Waals surface area contributed by atoms with Gasteiger partial charge in [0.1, 0.15) is 0 Å². The third-order valence-corrected chi connectivity index (χ3v) is 9.43. The first kappa shape index (κ1) is 25.1. The molecule has 0 spiro atoms. The van der Waals surface area contributed by atoms with Crippen molar-refractivity contribution in [2.45, 2.75) is 33.7 Å². The number of quaternary nitrogens is 1. The maximum absolute atomic E-state index is 6.40. The summed E-state index contributed by atoms with van der Waals surface area (Å²) in [5, 5.41) is 0.790. The van der Waals surface area contributed by atoms with Crippen LogP contribution in [-0.4, -0.2) is 59.3 Å². The van der Waals surface area contributed by atoms with Crippen LogP contribution < -0.4 is 14.4 Å². The van der Waals surface area contributed by atoms with Gasteiger partial charge >= 0.3 is 216 Å². The molecule has 1 aliphatic rings. The van der Waals surface area contributed by atoms with Crippen LogP contribution >= 0.6 is 11.6 Å². The summed E-state index contributed by atoms with van der Waals surface area (Å²) in [6.07, 6.45) is 7.99. The molecule has 180 valence electrons. The molecule has 0 fully saturated rings. The summed E-state index contributed by atoms with van der Waals surface area (Å²) in [4.78, 5) is 4.87. The van der Waals surface area contributed by atoms with E-state index in [-0.39, 0.29) is 0 Å². The van der Waals surface area contributed by atoms with Crippen LogP contribution in [0.15, 0.2) is 60.4 Å². The monoisotopic (exact) mass is 544 g/mol. The summed E-state index contributed by atoms with van der Waals surface area (Å²) in [6.45, 7) is 11.9. The van der Waals surface area contributed by atoms with E-state index in [2.05, 4.69) is 104 Å². The van der Waals surface area contributed by atoms with Gasteiger partial charge in [-0.05, 0) is 0 Å². The number of aryl methyl sites for hydroxylation is 1. The second kappa shape index (κ2) is 10.7. The Bertz CT molecular complexity index is 1210. The molecule has 6 heteroatoms. The van der Waals surface area contributed by atoms with Crippen LogP contribution in [0.5, 0.6) is 0 Å². The first-order valence-electron chi connectivity index (χ1n) is 12.3. The predicted octanol–water partition coefficient (Wildman–Crippen LogP) is 5.55. The number of hydrogen-bond acceptors (Lipinski definition) is 2. The number of nitrogens with zero attached hydrogens (tertiary/aromatic N) is 4. The molecule has 2 aromatic carbocycles. The van der Waals surface area contributed by atoms with E-state index in [9.17, 15) is 0 Å². The fourth-order valence-corrected chi connectivity index (χ4v) is 7.17. The van der Waals surface area contributed by atoms with E-state index in [1.54, 1.807) is 0 Å². The minimum absolute atomic E-state index is 0.349. The van der Waals surface area contributed by atoms with E-state index >= 15 is 0 Å². The molecule has 0 amide bonds. The number of anilines is 2. The first-order chi connectivity index (χ1) is 16.4. The van der Waals surface area contributed by atoms with E-state index in [4.69, 9.17) is 11.6 Å². The van der Waals surface area contributed by atoms with Crippen molar-refractivity contribution in [3.05, 3.63) is 70.0 Å². The molecule has 0 saturated heterocycles. The molecule has 4 nitrogen and oxygen atoms in total. The fourth-order valence-electron chi connectivity index (χ4n) is 4.62. The second-order valence-corrected chi connectivity index (χ2v) is 12.1. The summed E-state index contributed by atoms with van der Waals surface area (Å²) >= 11 is 6.75.